The Hall–Kier alpha value is -10.1. The van der Waals surface area contributed by atoms with Gasteiger partial charge in [0.1, 0.15) is 102 Å². The van der Waals surface area contributed by atoms with Crippen molar-refractivity contribution >= 4 is 81.8 Å². The van der Waals surface area contributed by atoms with E-state index in [2.05, 4.69) is 36.8 Å². The van der Waals surface area contributed by atoms with E-state index in [1.165, 1.54) is 60.7 Å². The van der Waals surface area contributed by atoms with Crippen LogP contribution >= 0.6 is 23.2 Å². The number of hydrogen-bond acceptors (Lipinski definition) is 26. The van der Waals surface area contributed by atoms with Crippen LogP contribution in [0.3, 0.4) is 0 Å². The van der Waals surface area contributed by atoms with Crippen molar-refractivity contribution in [3.63, 3.8) is 0 Å². The Morgan fingerprint density at radius 3 is 1.87 bits per heavy atom. The molecule has 4 aliphatic carbocycles. The molecule has 32 nitrogen and oxygen atoms in total. The number of nitrogens with two attached hydrogens (primary N) is 1. The van der Waals surface area contributed by atoms with Crippen LogP contribution in [0.15, 0.2) is 103 Å². The van der Waals surface area contributed by atoms with Crippen molar-refractivity contribution in [1.82, 2.24) is 31.5 Å². The number of hydrogen-bond donors (Lipinski definition) is 15. The number of nitrogens with zero attached hydrogens (tertiary/aromatic N) is 1. The molecule has 1 saturated heterocycles. The Morgan fingerprint density at radius 1 is 0.639 bits per heavy atom. The fourth-order valence-electron chi connectivity index (χ4n) is 18.3. The number of nitrogens with one attached hydrogen (secondary N) is 6. The number of amides is 7. The van der Waals surface area contributed by atoms with Crippen LogP contribution in [0.25, 0.3) is 11.1 Å². The number of anilines is 1. The Kier molecular flexibility index (Phi) is 28.8. The molecule has 0 spiro atoms. The number of ether oxygens (including phenoxy) is 7. The normalized spacial score (nSPS) is 27.2. The number of carbonyl (C=O) groups excluding carboxylic acids is 9. The summed E-state index contributed by atoms with van der Waals surface area (Å²) in [5.41, 5.74) is 4.62. The number of Topliss-reactive ketones (excluding diaryl/α,β-unsaturated/α-hetero) is 3. The zero-order valence-electron chi connectivity index (χ0n) is 68.0. The second-order valence-electron chi connectivity index (χ2n) is 33.2. The molecular weight excluding hydrogens is 1620 g/mol. The zero-order chi connectivity index (χ0) is 87.2. The lowest BCUT2D eigenvalue weighted by atomic mass is 9.51. The van der Waals surface area contributed by atoms with E-state index < -0.39 is 198 Å². The fourth-order valence-corrected chi connectivity index (χ4v) is 18.8. The van der Waals surface area contributed by atoms with Gasteiger partial charge in [-0.2, -0.15) is 0 Å². The number of aliphatic hydroxyl groups excluding tert-OH is 5. The van der Waals surface area contributed by atoms with Crippen LogP contribution in [-0.2, 0) is 52.6 Å². The molecule has 6 aliphatic heterocycles. The Morgan fingerprint density at radius 2 is 1.26 bits per heavy atom. The van der Waals surface area contributed by atoms with Gasteiger partial charge in [0.15, 0.2) is 28.8 Å². The molecule has 5 fully saturated rings. The van der Waals surface area contributed by atoms with Gasteiger partial charge in [0, 0.05) is 94.9 Å². The summed E-state index contributed by atoms with van der Waals surface area (Å²) < 4.78 is 42.3. The van der Waals surface area contributed by atoms with Gasteiger partial charge in [-0.1, -0.05) is 62.2 Å². The van der Waals surface area contributed by atoms with E-state index in [1.54, 1.807) is 33.3 Å². The van der Waals surface area contributed by atoms with E-state index in [9.17, 15) is 55.2 Å². The van der Waals surface area contributed by atoms with Crippen molar-refractivity contribution in [3.8, 4) is 62.9 Å². The molecule has 7 amide bonds. The topological polar surface area (TPSA) is 482 Å². The van der Waals surface area contributed by atoms with E-state index in [0.29, 0.717) is 56.9 Å². The molecule has 0 radical (unpaired) electrons. The van der Waals surface area contributed by atoms with Crippen LogP contribution in [0.5, 0.6) is 51.7 Å². The van der Waals surface area contributed by atoms with Gasteiger partial charge in [-0.3, -0.25) is 48.6 Å². The van der Waals surface area contributed by atoms with Crippen molar-refractivity contribution in [2.75, 3.05) is 65.5 Å². The molecule has 10 aliphatic rings. The third kappa shape index (κ3) is 20.4. The third-order valence-electron chi connectivity index (χ3n) is 24.5. The standard InChI is InChI=1S/C88H104Cl2N8O24/c1-6-44(23-41(2)3)83(111)96-75-63(102)32-51(35-71(105)93-88(115)92-52-10-12-54(13-11-52)118-22-19-98(17-20-116-4)18-21-117-5)84(112)94-73-50-33-68(119-66-15-8-46(77(75)106)30-59(66)89)82(122-87-81(110)80(109)79(108)70(40-91)121-87)69(34-50)120-67-16-9-47(31-60(67)90)78(107)76-86(114)95-74(65(104)38-55-48-25-42-24-43(27-48)28-49(55)26-42)58-36-53(99)37-62(101)72(58)57-29-45(7-14-61(57)100)56(39-64(73)103)85(113)97-76/h7-16,29-31,33-34,36-37,41-44,48-49,51,55-56,70,73-81,87,99-101,106-110H,6,17-28,32,35,38-40,91H2,1-5H3,(H,94,112)(H,95,114)(H,96,111)(H,97,113)(H2,92,93,105,115)/t42?,43?,44-,48?,49?,51+,55?,56-,70-,73?,74+,75+,76+,77-,78-,79-,80+,81-,87+/m1/s1. The number of ketones is 3. The quantitative estimate of drug-likeness (QED) is 0.0272. The Labute approximate surface area is 713 Å². The lowest BCUT2D eigenvalue weighted by Gasteiger charge is -2.54. The van der Waals surface area contributed by atoms with Gasteiger partial charge in [0.25, 0.3) is 0 Å². The van der Waals surface area contributed by atoms with Crippen molar-refractivity contribution in [2.24, 2.45) is 53.1 Å². The summed E-state index contributed by atoms with van der Waals surface area (Å²) in [7, 11) is 3.20. The maximum Gasteiger partial charge on any atom is 0.325 e. The highest BCUT2D eigenvalue weighted by Crippen LogP contribution is 2.58. The van der Waals surface area contributed by atoms with Gasteiger partial charge >= 0.3 is 6.03 Å². The van der Waals surface area contributed by atoms with E-state index in [-0.39, 0.29) is 109 Å². The molecule has 16 rings (SSSR count). The fraction of sp³-hybridized carbons (Fsp3) is 0.489. The summed E-state index contributed by atoms with van der Waals surface area (Å²) in [6.45, 7) is 8.07. The molecule has 122 heavy (non-hydrogen) atoms. The van der Waals surface area contributed by atoms with Gasteiger partial charge in [-0.15, -0.1) is 0 Å². The summed E-state index contributed by atoms with van der Waals surface area (Å²) in [6, 6.07) is 12.2. The van der Waals surface area contributed by atoms with E-state index in [4.69, 9.17) is 62.1 Å². The van der Waals surface area contributed by atoms with Crippen molar-refractivity contribution < 1.29 is 117 Å². The minimum atomic E-state index is -2.22. The average Bonchev–Trinajstić information content (AvgIpc) is 0.764. The molecule has 34 heteroatoms. The number of halogens is 2. The molecule has 0 aromatic heterocycles. The maximum absolute atomic E-state index is 16.6. The van der Waals surface area contributed by atoms with Gasteiger partial charge in [0.05, 0.1) is 35.1 Å². The first-order chi connectivity index (χ1) is 58.4. The lowest BCUT2D eigenvalue weighted by molar-refractivity contribution is -0.270. The molecule has 16 N–H and O–H groups in total. The molecule has 1 unspecified atom stereocenters. The van der Waals surface area contributed by atoms with Gasteiger partial charge in [-0.05, 0) is 187 Å². The summed E-state index contributed by atoms with van der Waals surface area (Å²) in [4.78, 5) is 141. The molecule has 14 atom stereocenters. The van der Waals surface area contributed by atoms with E-state index in [0.717, 1.165) is 62.4 Å². The number of fused-ring (bicyclic) bond motifs is 15. The van der Waals surface area contributed by atoms with Crippen LogP contribution in [0.1, 0.15) is 149 Å². The SMILES string of the molecule is CC[C@H](CC(C)C)C(=O)N[C@H]1C(=O)C[C@@H](CC(=O)NC(=O)Nc2ccc(OCCN(CCOC)CCOC)cc2)C(=O)NC2C(=O)C[C@H]3C(=O)N[C@H](C(=O)N[C@H](C(=O)CC4C5CC6CC(C5)CC4C6)c4cc(O)cc(O)c4-c4cc3ccc4O)[C@H](O)c3ccc(c(Cl)c3)Oc3cc2cc(c3O[C@@H]2O[C@H](CN)[C@@H](O)[C@H](O)[C@H]2O)Oc2ccc(cc2Cl)[C@H]1O. The predicted molar refractivity (Wildman–Crippen MR) is 441 cm³/mol. The molecule has 15 bridgehead atoms. The number of phenolic OH excluding ortho intramolecular Hbond substituents is 3. The number of imide groups is 1. The third-order valence-corrected chi connectivity index (χ3v) is 25.1. The van der Waals surface area contributed by atoms with Crippen LogP contribution in [0, 0.1) is 47.3 Å². The minimum absolute atomic E-state index is 0.0440. The van der Waals surface area contributed by atoms with Gasteiger partial charge in [-0.25, -0.2) is 4.79 Å². The maximum atomic E-state index is 16.6. The van der Waals surface area contributed by atoms with E-state index in [1.807, 2.05) is 13.8 Å². The first-order valence-corrected chi connectivity index (χ1v) is 41.9. The number of methoxy groups -OCH3 is 2. The number of aromatic hydroxyl groups is 3. The van der Waals surface area contributed by atoms with Gasteiger partial charge < -0.3 is 106 Å². The number of aliphatic hydroxyl groups is 5. The highest BCUT2D eigenvalue weighted by atomic mass is 35.5. The predicted octanol–water partition coefficient (Wildman–Crippen LogP) is 8.03. The molecule has 4 saturated carbocycles. The van der Waals surface area contributed by atoms with Gasteiger partial charge in [0.2, 0.25) is 41.6 Å². The number of benzene rings is 6. The first-order valence-electron chi connectivity index (χ1n) is 41.2. The monoisotopic (exact) mass is 1730 g/mol. The van der Waals surface area contributed by atoms with E-state index >= 15 is 28.8 Å². The van der Waals surface area contributed by atoms with Crippen molar-refractivity contribution in [3.05, 3.63) is 141 Å². The second-order valence-corrected chi connectivity index (χ2v) is 34.1. The summed E-state index contributed by atoms with van der Waals surface area (Å²) in [6.07, 6.45) is -11.4. The Balaban J connectivity index is 0.950. The Bertz CT molecular complexity index is 4860. The van der Waals surface area contributed by atoms with Crippen molar-refractivity contribution in [2.45, 2.75) is 164 Å². The molecular formula is C88H104Cl2N8O24. The van der Waals surface area contributed by atoms with Crippen LogP contribution in [-0.4, -0.2) is 202 Å². The largest absolute Gasteiger partial charge is 0.508 e. The van der Waals surface area contributed by atoms with Crippen molar-refractivity contribution in [1.29, 1.82) is 0 Å². The van der Waals surface area contributed by atoms with Crippen LogP contribution in [0.2, 0.25) is 10.0 Å². The number of phenols is 3. The second kappa shape index (κ2) is 39.2. The van der Waals surface area contributed by atoms with Crippen LogP contribution in [0.4, 0.5) is 10.5 Å². The number of urea groups is 1. The molecule has 654 valence electrons. The molecule has 6 heterocycles. The first kappa shape index (κ1) is 89.7. The molecule has 6 aromatic rings. The molecule has 6 aromatic carbocycles. The average molecular weight is 1730 g/mol. The number of carbonyl (C=O) groups is 9. The zero-order valence-corrected chi connectivity index (χ0v) is 69.5. The number of rotatable bonds is 24. The van der Waals surface area contributed by atoms with Crippen LogP contribution < -0.4 is 56.6 Å². The smallest absolute Gasteiger partial charge is 0.325 e. The summed E-state index contributed by atoms with van der Waals surface area (Å²) in [5.74, 6) is -15.5. The highest BCUT2D eigenvalue weighted by molar-refractivity contribution is 6.32. The summed E-state index contributed by atoms with van der Waals surface area (Å²) >= 11 is 14.4. The minimum Gasteiger partial charge on any atom is -0.508 e. The highest BCUT2D eigenvalue weighted by Gasteiger charge is 2.51. The summed E-state index contributed by atoms with van der Waals surface area (Å²) in [5, 5.41) is 110. The lowest BCUT2D eigenvalue weighted by Crippen LogP contribution is -2.60.